The Balaban J connectivity index is 1.54. The van der Waals surface area contributed by atoms with Gasteiger partial charge in [0.1, 0.15) is 0 Å². The van der Waals surface area contributed by atoms with Crippen LogP contribution in [0.5, 0.6) is 0 Å². The molecular formula is C17H18BrN3O2S. The van der Waals surface area contributed by atoms with Crippen molar-refractivity contribution in [3.05, 3.63) is 44.8 Å². The Labute approximate surface area is 153 Å². The Kier molecular flexibility index (Phi) is 5.30. The van der Waals surface area contributed by atoms with Crippen LogP contribution < -0.4 is 10.2 Å². The van der Waals surface area contributed by atoms with Gasteiger partial charge in [-0.15, -0.1) is 11.3 Å². The molecule has 1 atom stereocenters. The number of carbonyl (C=O) groups excluding carboxylic acids is 2. The van der Waals surface area contributed by atoms with Gasteiger partial charge in [0.05, 0.1) is 16.6 Å². The van der Waals surface area contributed by atoms with Gasteiger partial charge in [-0.2, -0.15) is 0 Å². The molecule has 1 aromatic heterocycles. The predicted molar refractivity (Wildman–Crippen MR) is 98.2 cm³/mol. The average molecular weight is 408 g/mol. The van der Waals surface area contributed by atoms with Crippen LogP contribution in [0.15, 0.2) is 34.1 Å². The predicted octanol–water partition coefficient (Wildman–Crippen LogP) is 2.93. The summed E-state index contributed by atoms with van der Waals surface area (Å²) in [5, 5.41) is 5.96. The van der Waals surface area contributed by atoms with Crippen LogP contribution in [0.4, 0.5) is 5.69 Å². The lowest BCUT2D eigenvalue weighted by Gasteiger charge is -2.17. The van der Waals surface area contributed by atoms with Crippen LogP contribution in [0.2, 0.25) is 0 Å². The third-order valence-corrected chi connectivity index (χ3v) is 5.28. The van der Waals surface area contributed by atoms with E-state index in [0.717, 1.165) is 20.9 Å². The van der Waals surface area contributed by atoms with E-state index < -0.39 is 0 Å². The molecule has 1 fully saturated rings. The van der Waals surface area contributed by atoms with E-state index in [1.807, 2.05) is 36.6 Å². The summed E-state index contributed by atoms with van der Waals surface area (Å²) in [5.74, 6) is -0.371. The van der Waals surface area contributed by atoms with Gasteiger partial charge in [-0.3, -0.25) is 9.59 Å². The summed E-state index contributed by atoms with van der Waals surface area (Å²) < 4.78 is 0.916. The highest BCUT2D eigenvalue weighted by Crippen LogP contribution is 2.27. The third-order valence-electron chi connectivity index (χ3n) is 3.96. The summed E-state index contributed by atoms with van der Waals surface area (Å²) in [6.45, 7) is 2.94. The summed E-state index contributed by atoms with van der Waals surface area (Å²) in [4.78, 5) is 30.6. The second-order valence-electron chi connectivity index (χ2n) is 5.78. The number of hydrogen-bond donors (Lipinski definition) is 1. The molecule has 1 unspecified atom stereocenters. The molecule has 0 bridgehead atoms. The molecule has 2 heterocycles. The Bertz CT molecular complexity index is 762. The summed E-state index contributed by atoms with van der Waals surface area (Å²) >= 11 is 5.02. The fourth-order valence-corrected chi connectivity index (χ4v) is 3.79. The van der Waals surface area contributed by atoms with Crippen molar-refractivity contribution >= 4 is 44.8 Å². The van der Waals surface area contributed by atoms with Crippen molar-refractivity contribution < 1.29 is 9.59 Å². The topological polar surface area (TPSA) is 62.3 Å². The first-order valence-electron chi connectivity index (χ1n) is 7.77. The van der Waals surface area contributed by atoms with Crippen molar-refractivity contribution in [1.29, 1.82) is 0 Å². The molecule has 126 valence electrons. The zero-order chi connectivity index (χ0) is 17.1. The largest absolute Gasteiger partial charge is 0.355 e. The van der Waals surface area contributed by atoms with Crippen molar-refractivity contribution in [3.8, 4) is 0 Å². The quantitative estimate of drug-likeness (QED) is 0.828. The number of amides is 2. The SMILES string of the molecule is Cc1nc(CCNC(=O)C2CC(=O)N(c3cccc(Br)c3)C2)cs1. The normalized spacial score (nSPS) is 17.3. The zero-order valence-corrected chi connectivity index (χ0v) is 15.7. The van der Waals surface area contributed by atoms with Crippen LogP contribution in [0.25, 0.3) is 0 Å². The van der Waals surface area contributed by atoms with Gasteiger partial charge in [0.2, 0.25) is 11.8 Å². The van der Waals surface area contributed by atoms with Crippen LogP contribution in [-0.2, 0) is 16.0 Å². The molecule has 1 aromatic carbocycles. The number of carbonyl (C=O) groups is 2. The van der Waals surface area contributed by atoms with Crippen LogP contribution in [0.3, 0.4) is 0 Å². The maximum absolute atomic E-state index is 12.3. The van der Waals surface area contributed by atoms with E-state index in [4.69, 9.17) is 0 Å². The number of hydrogen-bond acceptors (Lipinski definition) is 4. The van der Waals surface area contributed by atoms with Crippen LogP contribution in [0, 0.1) is 12.8 Å². The fourth-order valence-electron chi connectivity index (χ4n) is 2.76. The lowest BCUT2D eigenvalue weighted by atomic mass is 10.1. The number of anilines is 1. The van der Waals surface area contributed by atoms with Gasteiger partial charge >= 0.3 is 0 Å². The summed E-state index contributed by atoms with van der Waals surface area (Å²) in [7, 11) is 0. The molecule has 1 saturated heterocycles. The van der Waals surface area contributed by atoms with Gasteiger partial charge in [0, 0.05) is 41.5 Å². The van der Waals surface area contributed by atoms with E-state index >= 15 is 0 Å². The molecule has 24 heavy (non-hydrogen) atoms. The molecule has 3 rings (SSSR count). The standard InChI is InChI=1S/C17H18BrN3O2S/c1-11-20-14(10-24-11)5-6-19-17(23)12-7-16(22)21(9-12)15-4-2-3-13(18)8-15/h2-4,8,10,12H,5-7,9H2,1H3,(H,19,23). The number of thiazole rings is 1. The van der Waals surface area contributed by atoms with Crippen molar-refractivity contribution in [2.45, 2.75) is 19.8 Å². The average Bonchev–Trinajstić information content (AvgIpc) is 3.13. The number of rotatable bonds is 5. The maximum atomic E-state index is 12.3. The van der Waals surface area contributed by atoms with E-state index in [2.05, 4.69) is 26.2 Å². The van der Waals surface area contributed by atoms with Crippen LogP contribution in [0.1, 0.15) is 17.1 Å². The van der Waals surface area contributed by atoms with E-state index in [1.165, 1.54) is 0 Å². The lowest BCUT2D eigenvalue weighted by molar-refractivity contribution is -0.126. The summed E-state index contributed by atoms with van der Waals surface area (Å²) in [6, 6.07) is 7.57. The van der Waals surface area contributed by atoms with Gasteiger partial charge in [-0.25, -0.2) is 4.98 Å². The lowest BCUT2D eigenvalue weighted by Crippen LogP contribution is -2.34. The monoisotopic (exact) mass is 407 g/mol. The molecule has 0 aliphatic carbocycles. The highest BCUT2D eigenvalue weighted by molar-refractivity contribution is 9.10. The minimum absolute atomic E-state index is 0.0108. The van der Waals surface area contributed by atoms with Crippen molar-refractivity contribution in [2.75, 3.05) is 18.0 Å². The first kappa shape index (κ1) is 17.1. The van der Waals surface area contributed by atoms with E-state index in [0.29, 0.717) is 19.5 Å². The van der Waals surface area contributed by atoms with Crippen molar-refractivity contribution in [3.63, 3.8) is 0 Å². The van der Waals surface area contributed by atoms with Gasteiger partial charge in [-0.05, 0) is 25.1 Å². The number of nitrogens with one attached hydrogen (secondary N) is 1. The molecule has 0 radical (unpaired) electrons. The van der Waals surface area contributed by atoms with E-state index in [1.54, 1.807) is 16.2 Å². The molecule has 1 aliphatic heterocycles. The second-order valence-corrected chi connectivity index (χ2v) is 7.76. The third kappa shape index (κ3) is 4.02. The minimum Gasteiger partial charge on any atom is -0.355 e. The van der Waals surface area contributed by atoms with E-state index in [-0.39, 0.29) is 24.2 Å². The molecule has 7 heteroatoms. The Hall–Kier alpha value is -1.73. The molecule has 5 nitrogen and oxygen atoms in total. The summed E-state index contributed by atoms with van der Waals surface area (Å²) in [6.07, 6.45) is 0.972. The van der Waals surface area contributed by atoms with Gasteiger partial charge in [-0.1, -0.05) is 22.0 Å². The molecule has 1 N–H and O–H groups in total. The minimum atomic E-state index is -0.298. The molecular weight excluding hydrogens is 390 g/mol. The number of nitrogens with zero attached hydrogens (tertiary/aromatic N) is 2. The first-order valence-corrected chi connectivity index (χ1v) is 9.45. The Morgan fingerprint density at radius 3 is 3.04 bits per heavy atom. The van der Waals surface area contributed by atoms with Crippen molar-refractivity contribution in [2.24, 2.45) is 5.92 Å². The second kappa shape index (κ2) is 7.44. The van der Waals surface area contributed by atoms with E-state index in [9.17, 15) is 9.59 Å². The Morgan fingerprint density at radius 1 is 1.50 bits per heavy atom. The fraction of sp³-hybridized carbons (Fsp3) is 0.353. The molecule has 0 saturated carbocycles. The summed E-state index contributed by atoms with van der Waals surface area (Å²) in [5.41, 5.74) is 1.82. The highest BCUT2D eigenvalue weighted by atomic mass is 79.9. The molecule has 2 amide bonds. The van der Waals surface area contributed by atoms with Gasteiger partial charge < -0.3 is 10.2 Å². The van der Waals surface area contributed by atoms with Crippen LogP contribution in [-0.4, -0.2) is 29.9 Å². The number of aryl methyl sites for hydroxylation is 1. The molecule has 1 aliphatic rings. The van der Waals surface area contributed by atoms with Crippen molar-refractivity contribution in [1.82, 2.24) is 10.3 Å². The number of benzene rings is 1. The highest BCUT2D eigenvalue weighted by Gasteiger charge is 2.34. The number of halogens is 1. The Morgan fingerprint density at radius 2 is 2.33 bits per heavy atom. The first-order chi connectivity index (χ1) is 11.5. The molecule has 0 spiro atoms. The maximum Gasteiger partial charge on any atom is 0.227 e. The van der Waals surface area contributed by atoms with Crippen LogP contribution >= 0.6 is 27.3 Å². The van der Waals surface area contributed by atoms with Gasteiger partial charge in [0.15, 0.2) is 0 Å². The molecule has 2 aromatic rings. The zero-order valence-electron chi connectivity index (χ0n) is 13.3. The number of aromatic nitrogens is 1. The van der Waals surface area contributed by atoms with Gasteiger partial charge in [0.25, 0.3) is 0 Å². The smallest absolute Gasteiger partial charge is 0.227 e.